The van der Waals surface area contributed by atoms with Gasteiger partial charge in [-0.1, -0.05) is 12.1 Å². The Morgan fingerprint density at radius 1 is 1.10 bits per heavy atom. The summed E-state index contributed by atoms with van der Waals surface area (Å²) in [4.78, 5) is 29.3. The predicted molar refractivity (Wildman–Crippen MR) is 116 cm³/mol. The zero-order valence-electron chi connectivity index (χ0n) is 17.0. The van der Waals surface area contributed by atoms with E-state index in [1.165, 1.54) is 12.1 Å². The minimum absolute atomic E-state index is 0.0472. The van der Waals surface area contributed by atoms with Gasteiger partial charge in [0.05, 0.1) is 16.7 Å². The third-order valence-electron chi connectivity index (χ3n) is 6.24. The Morgan fingerprint density at radius 2 is 1.87 bits per heavy atom. The summed E-state index contributed by atoms with van der Waals surface area (Å²) in [6, 6.07) is 8.18. The summed E-state index contributed by atoms with van der Waals surface area (Å²) in [5.74, 6) is 0.955. The molecular formula is C21H24N6O3S. The number of sulfonamides is 1. The molecular weight excluding hydrogens is 416 g/mol. The highest BCUT2D eigenvalue weighted by Crippen LogP contribution is 2.48. The average Bonchev–Trinajstić information content (AvgIpc) is 3.38. The first-order valence-corrected chi connectivity index (χ1v) is 11.8. The molecule has 3 heterocycles. The number of fused-ring (bicyclic) bond motifs is 1. The number of amides is 1. The second kappa shape index (κ2) is 7.31. The van der Waals surface area contributed by atoms with Crippen LogP contribution >= 0.6 is 0 Å². The maximum Gasteiger partial charge on any atom is 0.238 e. The maximum absolute atomic E-state index is 13.1. The predicted octanol–water partition coefficient (Wildman–Crippen LogP) is 1.28. The second-order valence-corrected chi connectivity index (χ2v) is 10.1. The number of aromatic nitrogens is 3. The number of nitrogens with two attached hydrogens (primary N) is 1. The van der Waals surface area contributed by atoms with Gasteiger partial charge in [0, 0.05) is 37.8 Å². The first-order chi connectivity index (χ1) is 14.8. The number of aromatic amines is 1. The van der Waals surface area contributed by atoms with E-state index in [2.05, 4.69) is 19.9 Å². The van der Waals surface area contributed by atoms with E-state index >= 15 is 0 Å². The lowest BCUT2D eigenvalue weighted by molar-refractivity contribution is -0.130. The van der Waals surface area contributed by atoms with Crippen LogP contribution in [0, 0.1) is 5.41 Å². The number of carbonyl (C=O) groups excluding carboxylic acids is 1. The summed E-state index contributed by atoms with van der Waals surface area (Å²) in [5, 5.41) is 6.14. The molecule has 2 fully saturated rings. The third-order valence-corrected chi connectivity index (χ3v) is 7.17. The highest BCUT2D eigenvalue weighted by atomic mass is 32.2. The molecule has 2 aromatic heterocycles. The Kier molecular flexibility index (Phi) is 4.71. The molecule has 10 heteroatoms. The normalized spacial score (nSPS) is 18.4. The number of carbonyl (C=O) groups is 1. The maximum atomic E-state index is 13.1. The molecule has 1 aromatic carbocycles. The van der Waals surface area contributed by atoms with Crippen molar-refractivity contribution in [3.8, 4) is 0 Å². The lowest BCUT2D eigenvalue weighted by Gasteiger charge is -2.25. The van der Waals surface area contributed by atoms with Crippen molar-refractivity contribution in [2.24, 2.45) is 10.6 Å². The highest BCUT2D eigenvalue weighted by molar-refractivity contribution is 7.89. The fraction of sp³-hybridized carbons (Fsp3) is 0.381. The number of primary sulfonamides is 1. The van der Waals surface area contributed by atoms with Crippen LogP contribution in [-0.4, -0.2) is 60.4 Å². The van der Waals surface area contributed by atoms with Gasteiger partial charge in [0.2, 0.25) is 15.9 Å². The molecule has 0 bridgehead atoms. The van der Waals surface area contributed by atoms with Crippen LogP contribution in [0.2, 0.25) is 0 Å². The largest absolute Gasteiger partial charge is 0.354 e. The number of H-pyrrole nitrogens is 1. The van der Waals surface area contributed by atoms with Crippen LogP contribution < -0.4 is 10.0 Å². The van der Waals surface area contributed by atoms with Crippen molar-refractivity contribution in [1.29, 1.82) is 0 Å². The average molecular weight is 441 g/mol. The van der Waals surface area contributed by atoms with Crippen LogP contribution in [0.5, 0.6) is 0 Å². The highest BCUT2D eigenvalue weighted by Gasteiger charge is 2.47. The van der Waals surface area contributed by atoms with Gasteiger partial charge in [0.1, 0.15) is 17.8 Å². The van der Waals surface area contributed by atoms with Gasteiger partial charge in [0.15, 0.2) is 0 Å². The van der Waals surface area contributed by atoms with Gasteiger partial charge >= 0.3 is 0 Å². The van der Waals surface area contributed by atoms with Gasteiger partial charge in [-0.25, -0.2) is 23.5 Å². The van der Waals surface area contributed by atoms with E-state index in [4.69, 9.17) is 5.14 Å². The Hall–Kier alpha value is -2.98. The molecule has 9 nitrogen and oxygen atoms in total. The number of rotatable bonds is 4. The van der Waals surface area contributed by atoms with Crippen molar-refractivity contribution in [2.75, 3.05) is 31.1 Å². The first-order valence-electron chi connectivity index (χ1n) is 10.3. The van der Waals surface area contributed by atoms with Crippen LogP contribution in [0.3, 0.4) is 0 Å². The molecule has 2 aliphatic rings. The van der Waals surface area contributed by atoms with Crippen molar-refractivity contribution < 1.29 is 13.2 Å². The number of benzene rings is 1. The molecule has 31 heavy (non-hydrogen) atoms. The van der Waals surface area contributed by atoms with E-state index in [0.29, 0.717) is 13.1 Å². The zero-order chi connectivity index (χ0) is 21.6. The van der Waals surface area contributed by atoms with Crippen LogP contribution in [-0.2, 0) is 21.2 Å². The summed E-state index contributed by atoms with van der Waals surface area (Å²) >= 11 is 0. The van der Waals surface area contributed by atoms with Crippen molar-refractivity contribution in [1.82, 2.24) is 19.9 Å². The molecule has 0 atom stereocenters. The van der Waals surface area contributed by atoms with E-state index in [9.17, 15) is 13.2 Å². The van der Waals surface area contributed by atoms with Crippen molar-refractivity contribution in [3.63, 3.8) is 0 Å². The lowest BCUT2D eigenvalue weighted by atomic mass is 10.1. The standard InChI is InChI=1S/C21H24N6O3S/c22-31(29,30)16-3-1-15(2-4-16)11-18(28)26-9-10-27(13-21(12-26)6-7-21)20-17-5-8-23-19(17)24-14-25-20/h1-5,8,14H,6-7,9-13H2,(H2,22,29,30)(H,23,24,25). The number of hydrogen-bond donors (Lipinski definition) is 2. The van der Waals surface area contributed by atoms with Crippen molar-refractivity contribution in [2.45, 2.75) is 24.2 Å². The molecule has 5 rings (SSSR count). The zero-order valence-corrected chi connectivity index (χ0v) is 17.8. The lowest BCUT2D eigenvalue weighted by Crippen LogP contribution is -2.37. The summed E-state index contributed by atoms with van der Waals surface area (Å²) in [6.07, 6.45) is 5.86. The number of anilines is 1. The van der Waals surface area contributed by atoms with Crippen LogP contribution in [0.4, 0.5) is 5.82 Å². The molecule has 1 amide bonds. The molecule has 0 unspecified atom stereocenters. The minimum Gasteiger partial charge on any atom is -0.354 e. The minimum atomic E-state index is -3.74. The molecule has 1 aliphatic heterocycles. The summed E-state index contributed by atoms with van der Waals surface area (Å²) in [7, 11) is -3.74. The van der Waals surface area contributed by atoms with Gasteiger partial charge in [-0.3, -0.25) is 4.79 Å². The molecule has 3 N–H and O–H groups in total. The monoisotopic (exact) mass is 440 g/mol. The molecule has 1 aliphatic carbocycles. The van der Waals surface area contributed by atoms with Crippen LogP contribution in [0.1, 0.15) is 18.4 Å². The smallest absolute Gasteiger partial charge is 0.238 e. The van der Waals surface area contributed by atoms with E-state index in [1.807, 2.05) is 17.2 Å². The van der Waals surface area contributed by atoms with Crippen LogP contribution in [0.25, 0.3) is 11.0 Å². The summed E-state index contributed by atoms with van der Waals surface area (Å²) in [6.45, 7) is 2.93. The first kappa shape index (κ1) is 20.0. The van der Waals surface area contributed by atoms with Crippen molar-refractivity contribution >= 4 is 32.8 Å². The number of hydrogen-bond acceptors (Lipinski definition) is 6. The van der Waals surface area contributed by atoms with Crippen molar-refractivity contribution in [3.05, 3.63) is 48.4 Å². The van der Waals surface area contributed by atoms with Gasteiger partial charge < -0.3 is 14.8 Å². The fourth-order valence-corrected chi connectivity index (χ4v) is 4.86. The van der Waals surface area contributed by atoms with Gasteiger partial charge in [-0.2, -0.15) is 0 Å². The Labute approximate surface area is 180 Å². The summed E-state index contributed by atoms with van der Waals surface area (Å²) < 4.78 is 22.9. The van der Waals surface area contributed by atoms with Gasteiger partial charge in [-0.15, -0.1) is 0 Å². The third kappa shape index (κ3) is 4.00. The second-order valence-electron chi connectivity index (χ2n) is 8.54. The molecule has 3 aromatic rings. The molecule has 162 valence electrons. The molecule has 1 spiro atoms. The molecule has 1 saturated carbocycles. The quantitative estimate of drug-likeness (QED) is 0.629. The Balaban J connectivity index is 1.32. The summed E-state index contributed by atoms with van der Waals surface area (Å²) in [5.41, 5.74) is 1.69. The van der Waals surface area contributed by atoms with E-state index < -0.39 is 10.0 Å². The SMILES string of the molecule is NS(=O)(=O)c1ccc(CC(=O)N2CCN(c3ncnc4[nH]ccc34)CC3(CC3)C2)cc1. The van der Waals surface area contributed by atoms with Gasteiger partial charge in [0.25, 0.3) is 0 Å². The molecule has 0 radical (unpaired) electrons. The Bertz CT molecular complexity index is 1230. The fourth-order valence-electron chi connectivity index (χ4n) is 4.34. The van der Waals surface area contributed by atoms with Gasteiger partial charge in [-0.05, 0) is 36.6 Å². The van der Waals surface area contributed by atoms with E-state index in [-0.39, 0.29) is 22.6 Å². The number of nitrogens with zero attached hydrogens (tertiary/aromatic N) is 4. The van der Waals surface area contributed by atoms with E-state index in [1.54, 1.807) is 18.5 Å². The molecule has 1 saturated heterocycles. The van der Waals surface area contributed by atoms with E-state index in [0.717, 1.165) is 48.3 Å². The topological polar surface area (TPSA) is 125 Å². The number of nitrogens with one attached hydrogen (secondary N) is 1. The van der Waals surface area contributed by atoms with Crippen LogP contribution in [0.15, 0.2) is 47.8 Å². The Morgan fingerprint density at radius 3 is 2.58 bits per heavy atom.